The number of aliphatic carboxylic acids is 1. The van der Waals surface area contributed by atoms with E-state index in [0.29, 0.717) is 0 Å². The first kappa shape index (κ1) is 15.6. The molecule has 1 heterocycles. The summed E-state index contributed by atoms with van der Waals surface area (Å²) in [7, 11) is 0. The fourth-order valence-electron chi connectivity index (χ4n) is 2.12. The Morgan fingerprint density at radius 1 is 1.33 bits per heavy atom. The van der Waals surface area contributed by atoms with E-state index in [4.69, 9.17) is 5.11 Å². The predicted octanol–water partition coefficient (Wildman–Crippen LogP) is 3.87. The molecule has 2 rings (SSSR count). The Hall–Kier alpha value is -1.75. The number of nitrogens with zero attached hydrogens (tertiary/aromatic N) is 2. The lowest BCUT2D eigenvalue weighted by molar-refractivity contribution is -0.133. The van der Waals surface area contributed by atoms with Gasteiger partial charge in [-0.25, -0.2) is 4.98 Å². The van der Waals surface area contributed by atoms with Crippen molar-refractivity contribution in [3.63, 3.8) is 0 Å². The maximum absolute atomic E-state index is 10.8. The summed E-state index contributed by atoms with van der Waals surface area (Å²) in [4.78, 5) is 15.3. The molecule has 0 saturated carbocycles. The zero-order chi connectivity index (χ0) is 15.5. The number of carboxylic acid groups (broad SMARTS) is 1. The van der Waals surface area contributed by atoms with Crippen LogP contribution in [0.1, 0.15) is 27.2 Å². The van der Waals surface area contributed by atoms with Gasteiger partial charge in [0.05, 0.1) is 17.6 Å². The van der Waals surface area contributed by atoms with Crippen molar-refractivity contribution in [3.8, 4) is 11.3 Å². The van der Waals surface area contributed by atoms with Gasteiger partial charge in [-0.2, -0.15) is 0 Å². The van der Waals surface area contributed by atoms with Crippen molar-refractivity contribution in [2.75, 3.05) is 5.75 Å². The van der Waals surface area contributed by atoms with Gasteiger partial charge in [0, 0.05) is 5.54 Å². The summed E-state index contributed by atoms with van der Waals surface area (Å²) in [5.74, 6) is -0.810. The highest BCUT2D eigenvalue weighted by Gasteiger charge is 2.25. The molecule has 0 radical (unpaired) electrons. The van der Waals surface area contributed by atoms with Crippen LogP contribution in [0, 0.1) is 0 Å². The number of hydrogen-bond acceptors (Lipinski definition) is 3. The minimum absolute atomic E-state index is 0.0189. The first-order valence-corrected chi connectivity index (χ1v) is 7.92. The molecule has 0 aliphatic carbocycles. The molecule has 5 heteroatoms. The highest BCUT2D eigenvalue weighted by atomic mass is 32.2. The lowest BCUT2D eigenvalue weighted by Gasteiger charge is -2.29. The highest BCUT2D eigenvalue weighted by Crippen LogP contribution is 2.33. The van der Waals surface area contributed by atoms with Crippen LogP contribution in [0.2, 0.25) is 0 Å². The first-order valence-electron chi connectivity index (χ1n) is 6.94. The van der Waals surface area contributed by atoms with Gasteiger partial charge < -0.3 is 9.67 Å². The van der Waals surface area contributed by atoms with E-state index in [0.717, 1.165) is 22.8 Å². The topological polar surface area (TPSA) is 55.1 Å². The van der Waals surface area contributed by atoms with E-state index < -0.39 is 5.97 Å². The van der Waals surface area contributed by atoms with Gasteiger partial charge in [0.25, 0.3) is 0 Å². The van der Waals surface area contributed by atoms with Crippen LogP contribution in [-0.2, 0) is 10.3 Å². The van der Waals surface area contributed by atoms with Crippen LogP contribution in [0.3, 0.4) is 0 Å². The number of imidazole rings is 1. The maximum Gasteiger partial charge on any atom is 0.313 e. The van der Waals surface area contributed by atoms with Crippen molar-refractivity contribution >= 4 is 17.7 Å². The number of thioether (sulfide) groups is 1. The molecule has 112 valence electrons. The highest BCUT2D eigenvalue weighted by molar-refractivity contribution is 7.99. The average Bonchev–Trinajstić information content (AvgIpc) is 2.90. The molecule has 0 fully saturated rings. The van der Waals surface area contributed by atoms with Crippen molar-refractivity contribution < 1.29 is 9.90 Å². The van der Waals surface area contributed by atoms with Crippen LogP contribution in [0.4, 0.5) is 0 Å². The molecule has 0 amide bonds. The standard InChI is InChI=1S/C16H20N2O2S/c1-4-16(2,3)18-13(12-8-6-5-7-9-12)10-17-15(18)21-11-14(19)20/h5-10H,4,11H2,1-3H3,(H,19,20). The number of benzene rings is 1. The monoisotopic (exact) mass is 304 g/mol. The third-order valence-electron chi connectivity index (χ3n) is 3.59. The molecule has 0 aliphatic rings. The molecule has 0 aliphatic heterocycles. The molecule has 1 N–H and O–H groups in total. The fourth-order valence-corrected chi connectivity index (χ4v) is 2.97. The van der Waals surface area contributed by atoms with Gasteiger partial charge in [0.15, 0.2) is 5.16 Å². The Labute approximate surface area is 129 Å². The number of carbonyl (C=O) groups is 1. The summed E-state index contributed by atoms with van der Waals surface area (Å²) in [6.07, 6.45) is 2.76. The van der Waals surface area contributed by atoms with Crippen LogP contribution in [0.25, 0.3) is 11.3 Å². The average molecular weight is 304 g/mol. The molecule has 21 heavy (non-hydrogen) atoms. The smallest absolute Gasteiger partial charge is 0.313 e. The number of rotatable bonds is 6. The van der Waals surface area contributed by atoms with E-state index in [1.54, 1.807) is 0 Å². The Morgan fingerprint density at radius 2 is 2.00 bits per heavy atom. The van der Waals surface area contributed by atoms with E-state index in [1.807, 2.05) is 36.5 Å². The van der Waals surface area contributed by atoms with Crippen LogP contribution in [0.5, 0.6) is 0 Å². The normalized spacial score (nSPS) is 11.6. The lowest BCUT2D eigenvalue weighted by atomic mass is 10.0. The minimum atomic E-state index is -0.829. The molecule has 1 aromatic carbocycles. The lowest BCUT2D eigenvalue weighted by Crippen LogP contribution is -2.27. The largest absolute Gasteiger partial charge is 0.481 e. The number of aromatic nitrogens is 2. The molecule has 0 atom stereocenters. The SMILES string of the molecule is CCC(C)(C)n1c(-c2ccccc2)cnc1SCC(=O)O. The second-order valence-electron chi connectivity index (χ2n) is 5.48. The number of carboxylic acids is 1. The minimum Gasteiger partial charge on any atom is -0.481 e. The maximum atomic E-state index is 10.8. The van der Waals surface area contributed by atoms with Crippen molar-refractivity contribution in [1.82, 2.24) is 9.55 Å². The van der Waals surface area contributed by atoms with Crippen molar-refractivity contribution in [2.45, 2.75) is 37.9 Å². The third kappa shape index (κ3) is 3.47. The van der Waals surface area contributed by atoms with E-state index in [1.165, 1.54) is 11.8 Å². The second-order valence-corrected chi connectivity index (χ2v) is 6.42. The van der Waals surface area contributed by atoms with Gasteiger partial charge in [0.2, 0.25) is 0 Å². The molecule has 0 unspecified atom stereocenters. The molecule has 2 aromatic rings. The van der Waals surface area contributed by atoms with Crippen molar-refractivity contribution in [3.05, 3.63) is 36.5 Å². The quantitative estimate of drug-likeness (QED) is 0.823. The van der Waals surface area contributed by atoms with Crippen molar-refractivity contribution in [2.24, 2.45) is 0 Å². The molecular weight excluding hydrogens is 284 g/mol. The molecule has 0 bridgehead atoms. The molecule has 0 spiro atoms. The van der Waals surface area contributed by atoms with Crippen LogP contribution >= 0.6 is 11.8 Å². The Morgan fingerprint density at radius 3 is 2.57 bits per heavy atom. The summed E-state index contributed by atoms with van der Waals surface area (Å²) in [5, 5.41) is 9.64. The van der Waals surface area contributed by atoms with E-state index in [9.17, 15) is 4.79 Å². The fraction of sp³-hybridized carbons (Fsp3) is 0.375. The second kappa shape index (κ2) is 6.35. The van der Waals surface area contributed by atoms with E-state index in [2.05, 4.69) is 30.3 Å². The Balaban J connectivity index is 2.49. The van der Waals surface area contributed by atoms with Gasteiger partial charge in [-0.15, -0.1) is 0 Å². The summed E-state index contributed by atoms with van der Waals surface area (Å²) < 4.78 is 2.15. The van der Waals surface area contributed by atoms with Gasteiger partial charge >= 0.3 is 5.97 Å². The summed E-state index contributed by atoms with van der Waals surface area (Å²) in [5.41, 5.74) is 1.99. The van der Waals surface area contributed by atoms with Crippen molar-refractivity contribution in [1.29, 1.82) is 0 Å². The Bertz CT molecular complexity index is 620. The van der Waals surface area contributed by atoms with E-state index in [-0.39, 0.29) is 11.3 Å². The molecule has 4 nitrogen and oxygen atoms in total. The van der Waals surface area contributed by atoms with Crippen LogP contribution < -0.4 is 0 Å². The molecule has 0 saturated heterocycles. The zero-order valence-electron chi connectivity index (χ0n) is 12.5. The van der Waals surface area contributed by atoms with Gasteiger partial charge in [-0.1, -0.05) is 49.0 Å². The van der Waals surface area contributed by atoms with Gasteiger partial charge in [-0.05, 0) is 25.8 Å². The summed E-state index contributed by atoms with van der Waals surface area (Å²) >= 11 is 1.27. The molecule has 1 aromatic heterocycles. The zero-order valence-corrected chi connectivity index (χ0v) is 13.4. The summed E-state index contributed by atoms with van der Waals surface area (Å²) in [6, 6.07) is 10.1. The molecular formula is C16H20N2O2S. The first-order chi connectivity index (χ1) is 9.95. The van der Waals surface area contributed by atoms with E-state index >= 15 is 0 Å². The predicted molar refractivity (Wildman–Crippen MR) is 85.6 cm³/mol. The number of hydrogen-bond donors (Lipinski definition) is 1. The van der Waals surface area contributed by atoms with Crippen LogP contribution in [0.15, 0.2) is 41.7 Å². The van der Waals surface area contributed by atoms with Gasteiger partial charge in [-0.3, -0.25) is 4.79 Å². The third-order valence-corrected chi connectivity index (χ3v) is 4.53. The van der Waals surface area contributed by atoms with Gasteiger partial charge in [0.1, 0.15) is 0 Å². The Kier molecular flexibility index (Phi) is 4.73. The summed E-state index contributed by atoms with van der Waals surface area (Å²) in [6.45, 7) is 6.41. The van der Waals surface area contributed by atoms with Crippen LogP contribution in [-0.4, -0.2) is 26.4 Å².